The summed E-state index contributed by atoms with van der Waals surface area (Å²) in [5, 5.41) is 12.8. The highest BCUT2D eigenvalue weighted by Gasteiger charge is 2.73. The highest BCUT2D eigenvalue weighted by atomic mass is 16.5. The maximum Gasteiger partial charge on any atom is 0.299 e. The Morgan fingerprint density at radius 1 is 1.15 bits per heavy atom. The van der Waals surface area contributed by atoms with Gasteiger partial charge in [-0.15, -0.1) is 0 Å². The van der Waals surface area contributed by atoms with Gasteiger partial charge in [0.2, 0.25) is 0 Å². The molecule has 5 nitrogen and oxygen atoms in total. The van der Waals surface area contributed by atoms with E-state index in [-0.39, 0.29) is 24.1 Å². The van der Waals surface area contributed by atoms with Crippen molar-refractivity contribution in [2.45, 2.75) is 95.4 Å². The molecule has 0 radical (unpaired) electrons. The van der Waals surface area contributed by atoms with Gasteiger partial charge in [0.05, 0.1) is 17.1 Å². The van der Waals surface area contributed by atoms with Crippen molar-refractivity contribution in [3.8, 4) is 17.6 Å². The number of benzene rings is 2. The summed E-state index contributed by atoms with van der Waals surface area (Å²) < 4.78 is 6.87. The first-order chi connectivity index (χ1) is 19.2. The van der Waals surface area contributed by atoms with Crippen molar-refractivity contribution in [1.29, 1.82) is 0 Å². The molecule has 2 bridgehead atoms. The molecule has 7 rings (SSSR count). The number of carbonyl (C=O) groups is 1. The Labute approximate surface area is 238 Å². The van der Waals surface area contributed by atoms with Crippen LogP contribution in [-0.4, -0.2) is 64.2 Å². The summed E-state index contributed by atoms with van der Waals surface area (Å²) in [7, 11) is 0. The number of nitrogens with zero attached hydrogens (tertiary/aromatic N) is 2. The van der Waals surface area contributed by atoms with Gasteiger partial charge in [0.1, 0.15) is 11.9 Å². The average Bonchev–Trinajstić information content (AvgIpc) is 3.67. The summed E-state index contributed by atoms with van der Waals surface area (Å²) in [5.74, 6) is 8.00. The lowest BCUT2D eigenvalue weighted by Gasteiger charge is -2.65. The van der Waals surface area contributed by atoms with E-state index in [9.17, 15) is 9.90 Å². The summed E-state index contributed by atoms with van der Waals surface area (Å²) in [5.41, 5.74) is 4.49. The SMILES string of the molecule is Cc1ccc(C#CC(=O)N(CC(C)C)[C@H]2CC[C@@]3(O)[C@H]4Cc5cccc6c5[C@@]3(CCN4CC3CC3)[C@H]2O6)cc1C. The van der Waals surface area contributed by atoms with Crippen LogP contribution in [0.15, 0.2) is 36.4 Å². The van der Waals surface area contributed by atoms with Crippen LogP contribution in [0.2, 0.25) is 0 Å². The minimum absolute atomic E-state index is 0.105. The number of hydrogen-bond acceptors (Lipinski definition) is 4. The van der Waals surface area contributed by atoms with Crippen molar-refractivity contribution in [1.82, 2.24) is 9.80 Å². The number of hydrogen-bond donors (Lipinski definition) is 1. The molecule has 2 aromatic rings. The second-order valence-electron chi connectivity index (χ2n) is 13.6. The van der Waals surface area contributed by atoms with Crippen LogP contribution in [0.25, 0.3) is 0 Å². The third-order valence-electron chi connectivity index (χ3n) is 10.7. The zero-order valence-electron chi connectivity index (χ0n) is 24.4. The van der Waals surface area contributed by atoms with Crippen molar-refractivity contribution in [3.63, 3.8) is 0 Å². The predicted octanol–water partition coefficient (Wildman–Crippen LogP) is 4.77. The van der Waals surface area contributed by atoms with E-state index in [0.29, 0.717) is 18.9 Å². The maximum atomic E-state index is 13.9. The van der Waals surface area contributed by atoms with Gasteiger partial charge in [0, 0.05) is 36.2 Å². The zero-order chi connectivity index (χ0) is 27.8. The van der Waals surface area contributed by atoms with E-state index >= 15 is 0 Å². The number of amides is 1. The third kappa shape index (κ3) is 3.86. The number of aryl methyl sites for hydroxylation is 2. The van der Waals surface area contributed by atoms with Gasteiger partial charge in [0.25, 0.3) is 5.91 Å². The van der Waals surface area contributed by atoms with Crippen LogP contribution >= 0.6 is 0 Å². The zero-order valence-corrected chi connectivity index (χ0v) is 24.4. The highest BCUT2D eigenvalue weighted by molar-refractivity contribution is 5.94. The lowest BCUT2D eigenvalue weighted by atomic mass is 9.48. The number of rotatable bonds is 5. The van der Waals surface area contributed by atoms with Gasteiger partial charge in [-0.3, -0.25) is 9.69 Å². The average molecular weight is 539 g/mol. The van der Waals surface area contributed by atoms with Gasteiger partial charge in [-0.2, -0.15) is 0 Å². The topological polar surface area (TPSA) is 53.0 Å². The minimum atomic E-state index is -0.849. The number of likely N-dealkylation sites (tertiary alicyclic amines) is 1. The van der Waals surface area contributed by atoms with Crippen LogP contribution < -0.4 is 4.74 Å². The van der Waals surface area contributed by atoms with E-state index < -0.39 is 11.0 Å². The van der Waals surface area contributed by atoms with Gasteiger partial charge in [0.15, 0.2) is 0 Å². The normalized spacial score (nSPS) is 31.7. The molecular formula is C35H42N2O3. The second-order valence-corrected chi connectivity index (χ2v) is 13.6. The molecule has 2 aliphatic heterocycles. The molecule has 2 aromatic carbocycles. The Hall–Kier alpha value is -2.81. The molecule has 210 valence electrons. The fraction of sp³-hybridized carbons (Fsp3) is 0.571. The standard InChI is InChI=1S/C35H42N2O3/c1-22(2)20-37(31(38)13-12-25-9-8-23(3)24(4)18-25)28-14-15-35(39)30-19-27-6-5-7-29-32(27)34(35,33(28)40-29)16-17-36(30)21-26-10-11-26/h5-9,18,22,26,28,30,33,39H,10-11,14-17,19-21H2,1-4H3/t28-,30+,33-,34-,35+/m0/s1. The Morgan fingerprint density at radius 3 is 2.73 bits per heavy atom. The van der Waals surface area contributed by atoms with Gasteiger partial charge in [-0.1, -0.05) is 38.0 Å². The molecule has 2 saturated carbocycles. The molecule has 1 N–H and O–H groups in total. The molecule has 5 atom stereocenters. The van der Waals surface area contributed by atoms with Crippen LogP contribution in [0.1, 0.15) is 73.8 Å². The Balaban J connectivity index is 1.26. The maximum absolute atomic E-state index is 13.9. The molecule has 1 saturated heterocycles. The lowest BCUT2D eigenvalue weighted by Crippen LogP contribution is -2.78. The molecule has 5 aliphatic rings. The first-order valence-corrected chi connectivity index (χ1v) is 15.4. The first kappa shape index (κ1) is 26.1. The van der Waals surface area contributed by atoms with Crippen LogP contribution in [-0.2, 0) is 16.6 Å². The van der Waals surface area contributed by atoms with Crippen LogP contribution in [0.4, 0.5) is 0 Å². The van der Waals surface area contributed by atoms with Gasteiger partial charge in [-0.25, -0.2) is 0 Å². The van der Waals surface area contributed by atoms with Crippen molar-refractivity contribution in [3.05, 3.63) is 64.2 Å². The van der Waals surface area contributed by atoms with Gasteiger partial charge < -0.3 is 14.7 Å². The highest BCUT2D eigenvalue weighted by Crippen LogP contribution is 2.64. The van der Waals surface area contributed by atoms with Crippen LogP contribution in [0.3, 0.4) is 0 Å². The number of ether oxygens (including phenoxy) is 1. The molecule has 0 aromatic heterocycles. The lowest BCUT2D eigenvalue weighted by molar-refractivity contribution is -0.201. The summed E-state index contributed by atoms with van der Waals surface area (Å²) in [6, 6.07) is 12.5. The molecule has 3 fully saturated rings. The second kappa shape index (κ2) is 9.36. The molecule has 3 aliphatic carbocycles. The van der Waals surface area contributed by atoms with E-state index in [1.807, 2.05) is 11.0 Å². The molecule has 5 heteroatoms. The summed E-state index contributed by atoms with van der Waals surface area (Å²) in [6.07, 6.45) is 5.53. The molecule has 1 amide bonds. The van der Waals surface area contributed by atoms with Gasteiger partial charge >= 0.3 is 0 Å². The first-order valence-electron chi connectivity index (χ1n) is 15.4. The molecule has 2 heterocycles. The summed E-state index contributed by atoms with van der Waals surface area (Å²) >= 11 is 0. The predicted molar refractivity (Wildman–Crippen MR) is 156 cm³/mol. The third-order valence-corrected chi connectivity index (χ3v) is 10.7. The van der Waals surface area contributed by atoms with Crippen molar-refractivity contribution in [2.24, 2.45) is 11.8 Å². The fourth-order valence-corrected chi connectivity index (χ4v) is 8.52. The molecular weight excluding hydrogens is 496 g/mol. The van der Waals surface area contributed by atoms with Crippen molar-refractivity contribution in [2.75, 3.05) is 19.6 Å². The van der Waals surface area contributed by atoms with Gasteiger partial charge in [-0.05, 0) is 106 Å². The molecule has 0 unspecified atom stereocenters. The van der Waals surface area contributed by atoms with E-state index in [1.165, 1.54) is 35.1 Å². The van der Waals surface area contributed by atoms with Crippen LogP contribution in [0, 0.1) is 37.5 Å². The monoisotopic (exact) mass is 538 g/mol. The Bertz CT molecular complexity index is 1420. The minimum Gasteiger partial charge on any atom is -0.487 e. The van der Waals surface area contributed by atoms with Crippen molar-refractivity contribution < 1.29 is 14.6 Å². The van der Waals surface area contributed by atoms with E-state index in [2.05, 4.69) is 74.8 Å². The number of carbonyl (C=O) groups excluding carboxylic acids is 1. The smallest absolute Gasteiger partial charge is 0.299 e. The fourth-order valence-electron chi connectivity index (χ4n) is 8.52. The van der Waals surface area contributed by atoms with E-state index in [0.717, 1.165) is 49.6 Å². The molecule has 1 spiro atoms. The van der Waals surface area contributed by atoms with E-state index in [4.69, 9.17) is 4.74 Å². The summed E-state index contributed by atoms with van der Waals surface area (Å²) in [6.45, 7) is 11.2. The van der Waals surface area contributed by atoms with E-state index in [1.54, 1.807) is 0 Å². The molecule has 40 heavy (non-hydrogen) atoms. The quantitative estimate of drug-likeness (QED) is 0.557. The summed E-state index contributed by atoms with van der Waals surface area (Å²) in [4.78, 5) is 18.5. The van der Waals surface area contributed by atoms with Crippen LogP contribution in [0.5, 0.6) is 5.75 Å². The van der Waals surface area contributed by atoms with Crippen molar-refractivity contribution >= 4 is 5.91 Å². The Morgan fingerprint density at radius 2 is 1.98 bits per heavy atom. The largest absolute Gasteiger partial charge is 0.487 e. The number of aliphatic hydroxyl groups is 1. The number of piperidine rings is 1. The Kier molecular flexibility index (Phi) is 6.11.